The molecule has 0 fully saturated rings. The largest absolute Gasteiger partial charge is 0.456 e. The van der Waals surface area contributed by atoms with Crippen molar-refractivity contribution in [2.75, 3.05) is 0 Å². The van der Waals surface area contributed by atoms with Crippen LogP contribution in [0.4, 0.5) is 0 Å². The highest BCUT2D eigenvalue weighted by molar-refractivity contribution is 9.10. The van der Waals surface area contributed by atoms with E-state index in [0.717, 1.165) is 31.8 Å². The lowest BCUT2D eigenvalue weighted by Crippen LogP contribution is -2.25. The third-order valence-electron chi connectivity index (χ3n) is 6.62. The van der Waals surface area contributed by atoms with Gasteiger partial charge in [0.2, 0.25) is 0 Å². The maximum atomic E-state index is 6.56. The van der Waals surface area contributed by atoms with Gasteiger partial charge < -0.3 is 4.42 Å². The van der Waals surface area contributed by atoms with Crippen LogP contribution in [0.15, 0.2) is 93.8 Å². The molecule has 0 radical (unpaired) electrons. The Hall–Kier alpha value is -2.81. The highest BCUT2D eigenvalue weighted by Crippen LogP contribution is 2.65. The third-order valence-corrected chi connectivity index (χ3v) is 7.51. The van der Waals surface area contributed by atoms with Gasteiger partial charge in [0.05, 0.1) is 5.41 Å². The molecule has 0 aliphatic heterocycles. The minimum absolute atomic E-state index is 0.447. The van der Waals surface area contributed by atoms with Gasteiger partial charge in [-0.1, -0.05) is 82.1 Å². The summed E-state index contributed by atoms with van der Waals surface area (Å²) in [4.78, 5) is 0. The highest BCUT2D eigenvalue weighted by atomic mass is 79.9. The standard InChI is InChI=1S/C27H14BrClO/c28-22-10-5-9-20-24(22)16-6-1-3-8-19(16)27(20)21-14-15(29)12-13-17(21)26-25(27)18-7-2-4-11-23(18)30-26/h1-14H. The summed E-state index contributed by atoms with van der Waals surface area (Å²) in [5.41, 5.74) is 9.06. The van der Waals surface area contributed by atoms with Gasteiger partial charge in [-0.15, -0.1) is 0 Å². The Morgan fingerprint density at radius 3 is 2.47 bits per heavy atom. The molecule has 1 nitrogen and oxygen atoms in total. The van der Waals surface area contributed by atoms with Gasteiger partial charge in [-0.2, -0.15) is 0 Å². The van der Waals surface area contributed by atoms with Gasteiger partial charge in [0, 0.05) is 31.6 Å². The van der Waals surface area contributed by atoms with Crippen LogP contribution < -0.4 is 0 Å². The van der Waals surface area contributed by atoms with Gasteiger partial charge in [0.1, 0.15) is 11.3 Å². The molecule has 0 bridgehead atoms. The Labute approximate surface area is 187 Å². The first-order valence-electron chi connectivity index (χ1n) is 9.92. The Kier molecular flexibility index (Phi) is 3.19. The van der Waals surface area contributed by atoms with E-state index < -0.39 is 5.41 Å². The molecular formula is C27H14BrClO. The summed E-state index contributed by atoms with van der Waals surface area (Å²) in [5, 5.41) is 1.89. The Morgan fingerprint density at radius 2 is 1.53 bits per heavy atom. The highest BCUT2D eigenvalue weighted by Gasteiger charge is 2.54. The molecule has 1 heterocycles. The van der Waals surface area contributed by atoms with E-state index in [4.69, 9.17) is 16.0 Å². The van der Waals surface area contributed by atoms with Gasteiger partial charge in [-0.3, -0.25) is 0 Å². The average Bonchev–Trinajstić information content (AvgIpc) is 3.37. The molecule has 2 aliphatic rings. The predicted molar refractivity (Wildman–Crippen MR) is 125 cm³/mol. The smallest absolute Gasteiger partial charge is 0.140 e. The quantitative estimate of drug-likeness (QED) is 0.218. The van der Waals surface area contributed by atoms with E-state index in [-0.39, 0.29) is 0 Å². The van der Waals surface area contributed by atoms with Crippen molar-refractivity contribution < 1.29 is 4.42 Å². The molecule has 7 rings (SSSR count). The molecule has 0 N–H and O–H groups in total. The molecule has 1 atom stereocenters. The summed E-state index contributed by atoms with van der Waals surface area (Å²) in [6.45, 7) is 0. The fraction of sp³-hybridized carbons (Fsp3) is 0.0370. The van der Waals surface area contributed by atoms with Gasteiger partial charge in [-0.05, 0) is 52.6 Å². The van der Waals surface area contributed by atoms with Crippen LogP contribution in [0.2, 0.25) is 5.02 Å². The van der Waals surface area contributed by atoms with Crippen LogP contribution >= 0.6 is 27.5 Å². The summed E-state index contributed by atoms with van der Waals surface area (Å²) >= 11 is 10.4. The van der Waals surface area contributed by atoms with E-state index in [9.17, 15) is 0 Å². The first kappa shape index (κ1) is 16.9. The number of rotatable bonds is 0. The predicted octanol–water partition coefficient (Wildman–Crippen LogP) is 8.19. The molecule has 30 heavy (non-hydrogen) atoms. The average molecular weight is 470 g/mol. The number of hydrogen-bond acceptors (Lipinski definition) is 1. The van der Waals surface area contributed by atoms with Crippen LogP contribution in [0.1, 0.15) is 22.3 Å². The van der Waals surface area contributed by atoms with E-state index in [2.05, 4.69) is 88.7 Å². The van der Waals surface area contributed by atoms with Gasteiger partial charge in [0.15, 0.2) is 0 Å². The van der Waals surface area contributed by atoms with E-state index >= 15 is 0 Å². The number of fused-ring (bicyclic) bond motifs is 12. The molecule has 2 aliphatic carbocycles. The van der Waals surface area contributed by atoms with E-state index in [0.29, 0.717) is 0 Å². The van der Waals surface area contributed by atoms with Crippen molar-refractivity contribution >= 4 is 38.5 Å². The zero-order chi connectivity index (χ0) is 20.0. The summed E-state index contributed by atoms with van der Waals surface area (Å²) in [6.07, 6.45) is 0. The summed E-state index contributed by atoms with van der Waals surface area (Å²) < 4.78 is 7.57. The fourth-order valence-corrected chi connectivity index (χ4v) is 6.36. The van der Waals surface area contributed by atoms with E-state index in [1.54, 1.807) is 0 Å². The SMILES string of the molecule is Clc1ccc2c(c1)C1(c3ccccc3-c3c(Br)cccc31)c1c-2oc2ccccc12. The molecule has 1 aromatic heterocycles. The molecular weight excluding hydrogens is 456 g/mol. The molecule has 0 amide bonds. The van der Waals surface area contributed by atoms with Crippen LogP contribution in [-0.4, -0.2) is 0 Å². The number of furan rings is 1. The molecule has 4 aromatic carbocycles. The van der Waals surface area contributed by atoms with Crippen LogP contribution in [-0.2, 0) is 5.41 Å². The van der Waals surface area contributed by atoms with Crippen LogP contribution in [0.5, 0.6) is 0 Å². The summed E-state index contributed by atoms with van der Waals surface area (Å²) in [7, 11) is 0. The topological polar surface area (TPSA) is 13.1 Å². The lowest BCUT2D eigenvalue weighted by atomic mass is 9.70. The number of halogens is 2. The van der Waals surface area contributed by atoms with Crippen molar-refractivity contribution in [1.29, 1.82) is 0 Å². The van der Waals surface area contributed by atoms with Crippen LogP contribution in [0.25, 0.3) is 33.4 Å². The minimum atomic E-state index is -0.447. The molecule has 1 unspecified atom stereocenters. The minimum Gasteiger partial charge on any atom is -0.456 e. The monoisotopic (exact) mass is 468 g/mol. The number of para-hydroxylation sites is 1. The van der Waals surface area contributed by atoms with Crippen molar-refractivity contribution in [3.63, 3.8) is 0 Å². The maximum Gasteiger partial charge on any atom is 0.140 e. The van der Waals surface area contributed by atoms with Gasteiger partial charge in [-0.25, -0.2) is 0 Å². The molecule has 3 heteroatoms. The van der Waals surface area contributed by atoms with Crippen molar-refractivity contribution in [2.24, 2.45) is 0 Å². The second-order valence-electron chi connectivity index (χ2n) is 7.95. The molecule has 0 saturated carbocycles. The zero-order valence-electron chi connectivity index (χ0n) is 15.7. The first-order valence-corrected chi connectivity index (χ1v) is 11.1. The van der Waals surface area contributed by atoms with Crippen molar-refractivity contribution in [2.45, 2.75) is 5.41 Å². The molecule has 0 saturated heterocycles. The molecule has 5 aromatic rings. The van der Waals surface area contributed by atoms with E-state index in [1.165, 1.54) is 33.4 Å². The summed E-state index contributed by atoms with van der Waals surface area (Å²) in [6, 6.07) is 29.7. The fourth-order valence-electron chi connectivity index (χ4n) is 5.61. The Balaban J connectivity index is 1.78. The molecule has 142 valence electrons. The third kappa shape index (κ3) is 1.81. The van der Waals surface area contributed by atoms with Crippen molar-refractivity contribution in [3.05, 3.63) is 117 Å². The zero-order valence-corrected chi connectivity index (χ0v) is 18.1. The van der Waals surface area contributed by atoms with Crippen LogP contribution in [0.3, 0.4) is 0 Å². The lowest BCUT2D eigenvalue weighted by molar-refractivity contribution is 0.628. The Bertz CT molecular complexity index is 1530. The number of hydrogen-bond donors (Lipinski definition) is 0. The molecule has 1 spiro atoms. The second-order valence-corrected chi connectivity index (χ2v) is 9.24. The lowest BCUT2D eigenvalue weighted by Gasteiger charge is -2.30. The van der Waals surface area contributed by atoms with Gasteiger partial charge in [0.25, 0.3) is 0 Å². The maximum absolute atomic E-state index is 6.56. The second kappa shape index (κ2) is 5.66. The van der Waals surface area contributed by atoms with Gasteiger partial charge >= 0.3 is 0 Å². The normalized spacial score (nSPS) is 17.8. The summed E-state index contributed by atoms with van der Waals surface area (Å²) in [5.74, 6) is 0.950. The van der Waals surface area contributed by atoms with Crippen molar-refractivity contribution in [3.8, 4) is 22.5 Å². The first-order chi connectivity index (χ1) is 14.7. The van der Waals surface area contributed by atoms with Crippen LogP contribution in [0, 0.1) is 0 Å². The van der Waals surface area contributed by atoms with E-state index in [1.807, 2.05) is 12.1 Å². The Morgan fingerprint density at radius 1 is 0.733 bits per heavy atom. The number of benzene rings is 4. The van der Waals surface area contributed by atoms with Crippen molar-refractivity contribution in [1.82, 2.24) is 0 Å².